The predicted octanol–water partition coefficient (Wildman–Crippen LogP) is 3.71. The van der Waals surface area contributed by atoms with Crippen LogP contribution in [0.5, 0.6) is 0 Å². The second-order valence-corrected chi connectivity index (χ2v) is 7.99. The van der Waals surface area contributed by atoms with Crippen LogP contribution < -0.4 is 10.0 Å². The van der Waals surface area contributed by atoms with Crippen LogP contribution in [0.1, 0.15) is 29.5 Å². The topological polar surface area (TPSA) is 93.1 Å². The van der Waals surface area contributed by atoms with Crippen LogP contribution in [0.4, 0.5) is 23.2 Å². The number of amides is 1. The summed E-state index contributed by atoms with van der Waals surface area (Å²) >= 11 is 6.00. The number of hydrogen-bond acceptors (Lipinski definition) is 4. The molecule has 158 valence electrons. The molecule has 2 aromatic rings. The zero-order valence-corrected chi connectivity index (χ0v) is 16.6. The number of anilines is 1. The Morgan fingerprint density at radius 2 is 2.00 bits per heavy atom. The minimum atomic E-state index is -4.57. The molecule has 0 saturated carbocycles. The van der Waals surface area contributed by atoms with Gasteiger partial charge in [-0.1, -0.05) is 18.2 Å². The maximum absolute atomic E-state index is 13.2. The van der Waals surface area contributed by atoms with E-state index in [1.807, 2.05) is 0 Å². The van der Waals surface area contributed by atoms with Gasteiger partial charge in [-0.25, -0.2) is 26.0 Å². The van der Waals surface area contributed by atoms with Crippen molar-refractivity contribution in [2.24, 2.45) is 7.05 Å². The molecule has 0 saturated heterocycles. The van der Waals surface area contributed by atoms with E-state index in [1.54, 1.807) is 4.72 Å². The monoisotopic (exact) mass is 454 g/mol. The zero-order valence-electron chi connectivity index (χ0n) is 15.0. The van der Waals surface area contributed by atoms with E-state index in [4.69, 9.17) is 11.6 Å². The Morgan fingerprint density at radius 3 is 2.55 bits per heavy atom. The largest absolute Gasteiger partial charge is 0.344 e. The van der Waals surface area contributed by atoms with Crippen molar-refractivity contribution in [3.05, 3.63) is 53.2 Å². The lowest BCUT2D eigenvalue weighted by Gasteiger charge is -2.15. The molecule has 7 nitrogen and oxygen atoms in total. The second kappa shape index (κ2) is 8.03. The van der Waals surface area contributed by atoms with Crippen LogP contribution in [0.25, 0.3) is 0 Å². The number of sulfonamides is 1. The number of halogens is 5. The Labute approximate surface area is 168 Å². The van der Waals surface area contributed by atoms with E-state index in [1.165, 1.54) is 13.1 Å². The average molecular weight is 455 g/mol. The lowest BCUT2D eigenvalue weighted by Crippen LogP contribution is -2.31. The summed E-state index contributed by atoms with van der Waals surface area (Å²) in [6.07, 6.45) is -0.865. The fraction of sp³-hybridized carbons (Fsp3) is 0.250. The van der Waals surface area contributed by atoms with Crippen molar-refractivity contribution in [2.45, 2.75) is 24.2 Å². The van der Waals surface area contributed by atoms with E-state index < -0.39 is 49.6 Å². The molecule has 0 fully saturated rings. The Hall–Kier alpha value is -2.60. The molecule has 0 aromatic carbocycles. The molecule has 2 rings (SSSR count). The van der Waals surface area contributed by atoms with Gasteiger partial charge >= 0.3 is 0 Å². The third kappa shape index (κ3) is 5.07. The van der Waals surface area contributed by atoms with E-state index in [0.29, 0.717) is 6.92 Å². The number of carbonyl (C=O) groups is 1. The van der Waals surface area contributed by atoms with Gasteiger partial charge in [0.2, 0.25) is 0 Å². The van der Waals surface area contributed by atoms with Crippen molar-refractivity contribution >= 4 is 33.2 Å². The molecule has 2 heterocycles. The molecule has 2 N–H and O–H groups in total. The zero-order chi connectivity index (χ0) is 22.1. The number of nitrogens with one attached hydrogen (secondary N) is 2. The molecule has 0 atom stereocenters. The molecule has 0 aliphatic carbocycles. The smallest absolute Gasteiger partial charge is 0.284 e. The van der Waals surface area contributed by atoms with Crippen molar-refractivity contribution < 1.29 is 30.8 Å². The third-order valence-electron chi connectivity index (χ3n) is 3.64. The Bertz CT molecular complexity index is 1060. The quantitative estimate of drug-likeness (QED) is 0.624. The number of alkyl halides is 4. The van der Waals surface area contributed by atoms with E-state index in [0.717, 1.165) is 23.0 Å². The summed E-state index contributed by atoms with van der Waals surface area (Å²) < 4.78 is 79.2. The summed E-state index contributed by atoms with van der Waals surface area (Å²) in [4.78, 5) is 15.3. The third-order valence-corrected chi connectivity index (χ3v) is 5.54. The Balaban J connectivity index is 2.35. The minimum Gasteiger partial charge on any atom is -0.344 e. The molecule has 0 bridgehead atoms. The second-order valence-electron chi connectivity index (χ2n) is 5.96. The number of carbonyl (C=O) groups excluding carboxylic acids is 1. The fourth-order valence-corrected chi connectivity index (χ4v) is 3.97. The van der Waals surface area contributed by atoms with Crippen LogP contribution in [-0.2, 0) is 17.1 Å². The van der Waals surface area contributed by atoms with Gasteiger partial charge in [0, 0.05) is 32.1 Å². The number of hydrogen-bond donors (Lipinski definition) is 2. The Kier molecular flexibility index (Phi) is 6.28. The Morgan fingerprint density at radius 1 is 1.38 bits per heavy atom. The molecule has 2 aromatic heterocycles. The molecule has 29 heavy (non-hydrogen) atoms. The van der Waals surface area contributed by atoms with Crippen LogP contribution in [-0.4, -0.2) is 29.8 Å². The van der Waals surface area contributed by atoms with E-state index in [2.05, 4.69) is 16.9 Å². The van der Waals surface area contributed by atoms with Gasteiger partial charge in [0.25, 0.3) is 28.3 Å². The average Bonchev–Trinajstić information content (AvgIpc) is 2.89. The molecule has 0 spiro atoms. The van der Waals surface area contributed by atoms with Crippen molar-refractivity contribution in [3.8, 4) is 0 Å². The van der Waals surface area contributed by atoms with Crippen molar-refractivity contribution in [2.75, 3.05) is 5.32 Å². The highest BCUT2D eigenvalue weighted by atomic mass is 35.5. The molecular formula is C16H15ClF4N4O3S. The number of aromatic nitrogens is 2. The number of nitrogens with zero attached hydrogens (tertiary/aromatic N) is 2. The first-order valence-corrected chi connectivity index (χ1v) is 9.60. The highest BCUT2D eigenvalue weighted by Gasteiger charge is 2.33. The van der Waals surface area contributed by atoms with Crippen molar-refractivity contribution in [1.29, 1.82) is 0 Å². The van der Waals surface area contributed by atoms with Gasteiger partial charge in [0.05, 0.1) is 10.7 Å². The van der Waals surface area contributed by atoms with Crippen molar-refractivity contribution in [3.63, 3.8) is 0 Å². The van der Waals surface area contributed by atoms with Gasteiger partial charge in [-0.3, -0.25) is 14.5 Å². The highest BCUT2D eigenvalue weighted by molar-refractivity contribution is 7.89. The summed E-state index contributed by atoms with van der Waals surface area (Å²) in [5.74, 6) is -4.44. The number of aryl methyl sites for hydroxylation is 1. The summed E-state index contributed by atoms with van der Waals surface area (Å²) in [7, 11) is -3.28. The number of pyridine rings is 1. The van der Waals surface area contributed by atoms with Crippen molar-refractivity contribution in [1.82, 2.24) is 14.3 Å². The normalized spacial score (nSPS) is 12.1. The SMILES string of the molecule is C=C(NS(=O)(=O)c1cn(C)c(C(=O)Nc2ccnc(C(F)F)c2)c1Cl)C(C)(F)F. The molecule has 13 heteroatoms. The van der Waals surface area contributed by atoms with E-state index in [9.17, 15) is 30.8 Å². The highest BCUT2D eigenvalue weighted by Crippen LogP contribution is 2.30. The van der Waals surface area contributed by atoms with Gasteiger partial charge in [-0.15, -0.1) is 0 Å². The van der Waals surface area contributed by atoms with Crippen LogP contribution >= 0.6 is 11.6 Å². The fourth-order valence-electron chi connectivity index (χ4n) is 2.16. The van der Waals surface area contributed by atoms with Gasteiger partial charge < -0.3 is 9.88 Å². The molecule has 0 unspecified atom stereocenters. The first-order chi connectivity index (χ1) is 13.2. The molecule has 0 radical (unpaired) electrons. The standard InChI is InChI=1S/C16H15ClF4N4O3S/c1-8(16(2,20)21)24-29(27,28)11-7-25(3)13(12(11)17)15(26)23-9-4-5-22-10(6-9)14(18)19/h4-7,14,24H,1H2,2-3H3,(H,22,23,26). The lowest BCUT2D eigenvalue weighted by molar-refractivity contribution is 0.0597. The molecule has 0 aliphatic rings. The van der Waals surface area contributed by atoms with Gasteiger partial charge in [-0.2, -0.15) is 0 Å². The van der Waals surface area contributed by atoms with Gasteiger partial charge in [0.15, 0.2) is 0 Å². The predicted molar refractivity (Wildman–Crippen MR) is 97.7 cm³/mol. The summed E-state index contributed by atoms with van der Waals surface area (Å²) in [5, 5.41) is 1.75. The van der Waals surface area contributed by atoms with E-state index in [-0.39, 0.29) is 11.4 Å². The summed E-state index contributed by atoms with van der Waals surface area (Å²) in [5.41, 5.74) is -2.03. The lowest BCUT2D eigenvalue weighted by atomic mass is 10.3. The first kappa shape index (κ1) is 22.7. The summed E-state index contributed by atoms with van der Waals surface area (Å²) in [6.45, 7) is 3.42. The maximum Gasteiger partial charge on any atom is 0.284 e. The van der Waals surface area contributed by atoms with Crippen LogP contribution in [0, 0.1) is 0 Å². The molecular weight excluding hydrogens is 440 g/mol. The maximum atomic E-state index is 13.2. The van der Waals surface area contributed by atoms with Crippen LogP contribution in [0.3, 0.4) is 0 Å². The molecule has 1 amide bonds. The minimum absolute atomic E-state index is 0.0286. The molecule has 0 aliphatic heterocycles. The summed E-state index contributed by atoms with van der Waals surface area (Å²) in [6, 6.07) is 2.18. The number of rotatable bonds is 7. The van der Waals surface area contributed by atoms with Crippen LogP contribution in [0.15, 0.2) is 41.7 Å². The van der Waals surface area contributed by atoms with Gasteiger partial charge in [-0.05, 0) is 12.1 Å². The number of allylic oxidation sites excluding steroid dienone is 1. The van der Waals surface area contributed by atoms with E-state index >= 15 is 0 Å². The van der Waals surface area contributed by atoms with Gasteiger partial charge in [0.1, 0.15) is 16.3 Å². The first-order valence-electron chi connectivity index (χ1n) is 7.74. The van der Waals surface area contributed by atoms with Crippen LogP contribution in [0.2, 0.25) is 5.02 Å².